The Bertz CT molecular complexity index is 486. The minimum atomic E-state index is -0.840. The van der Waals surface area contributed by atoms with Gasteiger partial charge in [0.2, 0.25) is 0 Å². The van der Waals surface area contributed by atoms with E-state index in [2.05, 4.69) is 30.4 Å². The first-order valence-electron chi connectivity index (χ1n) is 7.58. The second-order valence-electron chi connectivity index (χ2n) is 6.19. The summed E-state index contributed by atoms with van der Waals surface area (Å²) in [5.41, 5.74) is 1.79. The van der Waals surface area contributed by atoms with Crippen LogP contribution in [0.1, 0.15) is 69.5 Å². The molecule has 20 heavy (non-hydrogen) atoms. The Morgan fingerprint density at radius 2 is 2.00 bits per heavy atom. The highest BCUT2D eigenvalue weighted by Gasteiger charge is 2.36. The zero-order chi connectivity index (χ0) is 14.8. The van der Waals surface area contributed by atoms with E-state index in [4.69, 9.17) is 0 Å². The number of fused-ring (bicyclic) bond motifs is 1. The van der Waals surface area contributed by atoms with Crippen molar-refractivity contribution in [2.24, 2.45) is 0 Å². The number of aliphatic carboxylic acids is 1. The molecule has 0 amide bonds. The first-order valence-corrected chi connectivity index (χ1v) is 7.58. The molecule has 2 N–H and O–H groups in total. The van der Waals surface area contributed by atoms with Gasteiger partial charge in [-0.3, -0.25) is 10.1 Å². The monoisotopic (exact) mass is 275 g/mol. The molecule has 1 aliphatic rings. The van der Waals surface area contributed by atoms with Crippen LogP contribution in [-0.4, -0.2) is 16.6 Å². The SMILES string of the molecule is CCCC(C)(NC1CCC(C)c2ccccc21)C(=O)O. The molecule has 0 saturated heterocycles. The average Bonchev–Trinajstić information content (AvgIpc) is 2.42. The summed E-state index contributed by atoms with van der Waals surface area (Å²) in [7, 11) is 0. The van der Waals surface area contributed by atoms with Crippen molar-refractivity contribution in [2.45, 2.75) is 64.0 Å². The first-order chi connectivity index (χ1) is 9.48. The molecular weight excluding hydrogens is 250 g/mol. The lowest BCUT2D eigenvalue weighted by Crippen LogP contribution is -2.51. The number of rotatable bonds is 5. The fourth-order valence-corrected chi connectivity index (χ4v) is 3.28. The second-order valence-corrected chi connectivity index (χ2v) is 6.19. The summed E-state index contributed by atoms with van der Waals surface area (Å²) in [4.78, 5) is 11.6. The van der Waals surface area contributed by atoms with E-state index < -0.39 is 11.5 Å². The van der Waals surface area contributed by atoms with Crippen molar-refractivity contribution in [2.75, 3.05) is 0 Å². The molecule has 0 heterocycles. The summed E-state index contributed by atoms with van der Waals surface area (Å²) >= 11 is 0. The van der Waals surface area contributed by atoms with Crippen LogP contribution in [0.25, 0.3) is 0 Å². The Balaban J connectivity index is 2.26. The molecule has 2 rings (SSSR count). The Kier molecular flexibility index (Phi) is 4.48. The van der Waals surface area contributed by atoms with Crippen LogP contribution in [-0.2, 0) is 4.79 Å². The molecule has 0 spiro atoms. The topological polar surface area (TPSA) is 49.3 Å². The molecule has 3 heteroatoms. The van der Waals surface area contributed by atoms with Crippen LogP contribution in [0.5, 0.6) is 0 Å². The van der Waals surface area contributed by atoms with E-state index in [1.807, 2.05) is 13.0 Å². The Morgan fingerprint density at radius 1 is 1.35 bits per heavy atom. The quantitative estimate of drug-likeness (QED) is 0.858. The van der Waals surface area contributed by atoms with E-state index in [1.165, 1.54) is 11.1 Å². The van der Waals surface area contributed by atoms with Crippen LogP contribution in [0.4, 0.5) is 0 Å². The predicted molar refractivity (Wildman–Crippen MR) is 80.9 cm³/mol. The second kappa shape index (κ2) is 5.96. The molecule has 0 aromatic heterocycles. The molecular formula is C17H25NO2. The molecule has 1 aliphatic carbocycles. The summed E-state index contributed by atoms with van der Waals surface area (Å²) in [6, 6.07) is 8.57. The van der Waals surface area contributed by atoms with Gasteiger partial charge in [0, 0.05) is 6.04 Å². The van der Waals surface area contributed by atoms with E-state index in [1.54, 1.807) is 6.92 Å². The number of hydrogen-bond acceptors (Lipinski definition) is 2. The maximum absolute atomic E-state index is 11.6. The molecule has 0 aliphatic heterocycles. The van der Waals surface area contributed by atoms with Gasteiger partial charge in [0.1, 0.15) is 5.54 Å². The van der Waals surface area contributed by atoms with Crippen LogP contribution >= 0.6 is 0 Å². The fourth-order valence-electron chi connectivity index (χ4n) is 3.28. The van der Waals surface area contributed by atoms with Gasteiger partial charge in [0.15, 0.2) is 0 Å². The molecule has 3 nitrogen and oxygen atoms in total. The van der Waals surface area contributed by atoms with E-state index in [9.17, 15) is 9.90 Å². The number of nitrogens with one attached hydrogen (secondary N) is 1. The van der Waals surface area contributed by atoms with E-state index in [0.29, 0.717) is 12.3 Å². The van der Waals surface area contributed by atoms with Gasteiger partial charge in [-0.2, -0.15) is 0 Å². The van der Waals surface area contributed by atoms with Gasteiger partial charge in [0.05, 0.1) is 0 Å². The van der Waals surface area contributed by atoms with Gasteiger partial charge in [-0.1, -0.05) is 44.5 Å². The predicted octanol–water partition coefficient (Wildman–Crippen LogP) is 3.86. The summed E-state index contributed by atoms with van der Waals surface area (Å²) in [6.07, 6.45) is 3.62. The smallest absolute Gasteiger partial charge is 0.323 e. The summed E-state index contributed by atoms with van der Waals surface area (Å²) in [6.45, 7) is 6.08. The van der Waals surface area contributed by atoms with Crippen LogP contribution in [0.3, 0.4) is 0 Å². The van der Waals surface area contributed by atoms with Gasteiger partial charge < -0.3 is 5.11 Å². The standard InChI is InChI=1S/C17H25NO2/c1-4-11-17(3,16(19)20)18-15-10-9-12(2)13-7-5-6-8-14(13)15/h5-8,12,15,18H,4,9-11H2,1-3H3,(H,19,20). The lowest BCUT2D eigenvalue weighted by molar-refractivity contribution is -0.145. The van der Waals surface area contributed by atoms with Gasteiger partial charge in [0.25, 0.3) is 0 Å². The average molecular weight is 275 g/mol. The van der Waals surface area contributed by atoms with Crippen LogP contribution in [0.2, 0.25) is 0 Å². The summed E-state index contributed by atoms with van der Waals surface area (Å²) in [5.74, 6) is -0.193. The van der Waals surface area contributed by atoms with Crippen molar-refractivity contribution in [1.29, 1.82) is 0 Å². The maximum atomic E-state index is 11.6. The highest BCUT2D eigenvalue weighted by atomic mass is 16.4. The van der Waals surface area contributed by atoms with Crippen molar-refractivity contribution < 1.29 is 9.90 Å². The maximum Gasteiger partial charge on any atom is 0.323 e. The van der Waals surface area contributed by atoms with E-state index in [-0.39, 0.29) is 6.04 Å². The highest BCUT2D eigenvalue weighted by Crippen LogP contribution is 2.38. The van der Waals surface area contributed by atoms with Crippen molar-refractivity contribution in [3.63, 3.8) is 0 Å². The Hall–Kier alpha value is -1.35. The van der Waals surface area contributed by atoms with E-state index in [0.717, 1.165) is 19.3 Å². The van der Waals surface area contributed by atoms with E-state index >= 15 is 0 Å². The van der Waals surface area contributed by atoms with Crippen LogP contribution in [0.15, 0.2) is 24.3 Å². The third kappa shape index (κ3) is 2.88. The summed E-state index contributed by atoms with van der Waals surface area (Å²) < 4.78 is 0. The third-order valence-corrected chi connectivity index (χ3v) is 4.51. The number of carbonyl (C=O) groups is 1. The molecule has 3 unspecified atom stereocenters. The van der Waals surface area contributed by atoms with Gasteiger partial charge >= 0.3 is 5.97 Å². The van der Waals surface area contributed by atoms with Crippen molar-refractivity contribution in [1.82, 2.24) is 5.32 Å². The highest BCUT2D eigenvalue weighted by molar-refractivity contribution is 5.78. The number of hydrogen-bond donors (Lipinski definition) is 2. The largest absolute Gasteiger partial charge is 0.480 e. The number of carboxylic acids is 1. The fraction of sp³-hybridized carbons (Fsp3) is 0.588. The molecule has 1 aromatic rings. The zero-order valence-corrected chi connectivity index (χ0v) is 12.6. The van der Waals surface area contributed by atoms with Gasteiger partial charge in [-0.05, 0) is 43.2 Å². The third-order valence-electron chi connectivity index (χ3n) is 4.51. The molecule has 0 saturated carbocycles. The lowest BCUT2D eigenvalue weighted by Gasteiger charge is -2.36. The number of benzene rings is 1. The molecule has 0 bridgehead atoms. The van der Waals surface area contributed by atoms with Gasteiger partial charge in [-0.15, -0.1) is 0 Å². The normalized spacial score (nSPS) is 24.8. The number of carboxylic acid groups (broad SMARTS) is 1. The van der Waals surface area contributed by atoms with Crippen LogP contribution < -0.4 is 5.32 Å². The molecule has 110 valence electrons. The molecule has 3 atom stereocenters. The minimum Gasteiger partial charge on any atom is -0.480 e. The molecule has 1 aromatic carbocycles. The van der Waals surface area contributed by atoms with Crippen molar-refractivity contribution >= 4 is 5.97 Å². The van der Waals surface area contributed by atoms with Crippen molar-refractivity contribution in [3.05, 3.63) is 35.4 Å². The lowest BCUT2D eigenvalue weighted by atomic mass is 9.80. The Labute approximate surface area is 121 Å². The minimum absolute atomic E-state index is 0.148. The Morgan fingerprint density at radius 3 is 2.60 bits per heavy atom. The van der Waals surface area contributed by atoms with Crippen molar-refractivity contribution in [3.8, 4) is 0 Å². The van der Waals surface area contributed by atoms with Gasteiger partial charge in [-0.25, -0.2) is 0 Å². The molecule has 0 radical (unpaired) electrons. The van der Waals surface area contributed by atoms with Crippen LogP contribution in [0, 0.1) is 0 Å². The molecule has 0 fully saturated rings. The first kappa shape index (κ1) is 15.0. The summed E-state index contributed by atoms with van der Waals surface area (Å²) in [5, 5.41) is 12.9. The zero-order valence-electron chi connectivity index (χ0n) is 12.6.